The van der Waals surface area contributed by atoms with Gasteiger partial charge in [0.15, 0.2) is 0 Å². The molecular weight excluding hydrogens is 310 g/mol. The second-order valence-corrected chi connectivity index (χ2v) is 7.06. The Hall–Kier alpha value is -2.02. The standard InChI is InChI=1S/C13H15N3O5S/c1-15(13(9-14)6-7-21-10-13)22(19,20)8-11-4-2-3-5-12(11)16(17)18/h2-5H,6-8,10H2,1H3/t13-/m1/s1. The van der Waals surface area contributed by atoms with Crippen molar-refractivity contribution in [3.8, 4) is 6.07 Å². The summed E-state index contributed by atoms with van der Waals surface area (Å²) in [5.41, 5.74) is -1.41. The fraction of sp³-hybridized carbons (Fsp3) is 0.462. The van der Waals surface area contributed by atoms with E-state index in [4.69, 9.17) is 4.74 Å². The fourth-order valence-corrected chi connectivity index (χ4v) is 3.88. The minimum Gasteiger partial charge on any atom is -0.378 e. The Bertz CT molecular complexity index is 719. The molecule has 1 aliphatic heterocycles. The highest BCUT2D eigenvalue weighted by Gasteiger charge is 2.45. The maximum Gasteiger partial charge on any atom is 0.273 e. The number of sulfonamides is 1. The molecule has 0 amide bonds. The maximum absolute atomic E-state index is 12.5. The zero-order valence-electron chi connectivity index (χ0n) is 11.9. The van der Waals surface area contributed by atoms with Crippen LogP contribution in [0.25, 0.3) is 0 Å². The van der Waals surface area contributed by atoms with Gasteiger partial charge in [0, 0.05) is 31.7 Å². The van der Waals surface area contributed by atoms with Gasteiger partial charge in [0.05, 0.1) is 23.4 Å². The predicted molar refractivity (Wildman–Crippen MR) is 77.3 cm³/mol. The van der Waals surface area contributed by atoms with Crippen LogP contribution in [0.1, 0.15) is 12.0 Å². The van der Waals surface area contributed by atoms with Gasteiger partial charge < -0.3 is 4.74 Å². The third-order valence-corrected chi connectivity index (χ3v) is 5.61. The van der Waals surface area contributed by atoms with Crippen LogP contribution in [0.5, 0.6) is 0 Å². The van der Waals surface area contributed by atoms with Crippen LogP contribution >= 0.6 is 0 Å². The van der Waals surface area contributed by atoms with E-state index >= 15 is 0 Å². The zero-order valence-corrected chi connectivity index (χ0v) is 12.7. The molecule has 0 bridgehead atoms. The minimum absolute atomic E-state index is 0.00386. The number of nitro benzene ring substituents is 1. The molecule has 0 aromatic heterocycles. The fourth-order valence-electron chi connectivity index (χ4n) is 2.33. The van der Waals surface area contributed by atoms with Gasteiger partial charge in [0.2, 0.25) is 10.0 Å². The van der Waals surface area contributed by atoms with Crippen molar-refractivity contribution in [3.05, 3.63) is 39.9 Å². The first kappa shape index (κ1) is 16.4. The van der Waals surface area contributed by atoms with Crippen molar-refractivity contribution in [3.63, 3.8) is 0 Å². The van der Waals surface area contributed by atoms with Crippen molar-refractivity contribution in [1.29, 1.82) is 5.26 Å². The van der Waals surface area contributed by atoms with Gasteiger partial charge in [-0.15, -0.1) is 0 Å². The lowest BCUT2D eigenvalue weighted by atomic mass is 10.0. The number of nitro groups is 1. The molecule has 1 heterocycles. The summed E-state index contributed by atoms with van der Waals surface area (Å²) < 4.78 is 31.2. The highest BCUT2D eigenvalue weighted by atomic mass is 32.2. The van der Waals surface area contributed by atoms with Crippen LogP contribution in [-0.2, 0) is 20.5 Å². The van der Waals surface area contributed by atoms with Gasteiger partial charge in [-0.2, -0.15) is 9.57 Å². The lowest BCUT2D eigenvalue weighted by Crippen LogP contribution is -2.49. The topological polar surface area (TPSA) is 114 Å². The van der Waals surface area contributed by atoms with E-state index in [0.29, 0.717) is 6.61 Å². The number of benzene rings is 1. The van der Waals surface area contributed by atoms with E-state index in [-0.39, 0.29) is 24.3 Å². The van der Waals surface area contributed by atoms with E-state index < -0.39 is 26.2 Å². The van der Waals surface area contributed by atoms with Crippen LogP contribution in [0.2, 0.25) is 0 Å². The van der Waals surface area contributed by atoms with Crippen molar-refractivity contribution in [2.24, 2.45) is 0 Å². The lowest BCUT2D eigenvalue weighted by molar-refractivity contribution is -0.385. The van der Waals surface area contributed by atoms with E-state index in [9.17, 15) is 23.8 Å². The van der Waals surface area contributed by atoms with Crippen LogP contribution in [0.3, 0.4) is 0 Å². The first-order valence-electron chi connectivity index (χ1n) is 6.50. The number of nitriles is 1. The zero-order chi connectivity index (χ0) is 16.4. The van der Waals surface area contributed by atoms with Crippen LogP contribution < -0.4 is 0 Å². The second-order valence-electron chi connectivity index (χ2n) is 5.06. The number of hydrogen-bond donors (Lipinski definition) is 0. The van der Waals surface area contributed by atoms with Crippen LogP contribution in [-0.4, -0.2) is 43.4 Å². The summed E-state index contributed by atoms with van der Waals surface area (Å²) in [7, 11) is -2.59. The number of para-hydroxylation sites is 1. The molecule has 118 valence electrons. The van der Waals surface area contributed by atoms with Gasteiger partial charge in [-0.05, 0) is 0 Å². The van der Waals surface area contributed by atoms with Crippen molar-refractivity contribution >= 4 is 15.7 Å². The van der Waals surface area contributed by atoms with Gasteiger partial charge in [0.25, 0.3) is 5.69 Å². The molecule has 1 saturated heterocycles. The average Bonchev–Trinajstić information content (AvgIpc) is 2.96. The molecular formula is C13H15N3O5S. The average molecular weight is 325 g/mol. The summed E-state index contributed by atoms with van der Waals surface area (Å²) >= 11 is 0. The number of likely N-dealkylation sites (N-methyl/N-ethyl adjacent to an activating group) is 1. The Labute approximate surface area is 128 Å². The van der Waals surface area contributed by atoms with E-state index in [1.165, 1.54) is 31.3 Å². The van der Waals surface area contributed by atoms with Crippen LogP contribution in [0.15, 0.2) is 24.3 Å². The number of hydrogen-bond acceptors (Lipinski definition) is 6. The highest BCUT2D eigenvalue weighted by Crippen LogP contribution is 2.29. The number of nitrogens with zero attached hydrogens (tertiary/aromatic N) is 3. The van der Waals surface area contributed by atoms with Gasteiger partial charge >= 0.3 is 0 Å². The summed E-state index contributed by atoms with van der Waals surface area (Å²) in [5.74, 6) is -0.538. The van der Waals surface area contributed by atoms with Gasteiger partial charge in [-0.3, -0.25) is 10.1 Å². The lowest BCUT2D eigenvalue weighted by Gasteiger charge is -2.30. The van der Waals surface area contributed by atoms with Crippen molar-refractivity contribution < 1.29 is 18.1 Å². The summed E-state index contributed by atoms with van der Waals surface area (Å²) in [6.45, 7) is 0.301. The Balaban J connectivity index is 2.33. The van der Waals surface area contributed by atoms with Crippen molar-refractivity contribution in [2.45, 2.75) is 17.7 Å². The molecule has 9 heteroatoms. The van der Waals surface area contributed by atoms with Gasteiger partial charge in [-0.25, -0.2) is 8.42 Å². The van der Waals surface area contributed by atoms with Crippen molar-refractivity contribution in [1.82, 2.24) is 4.31 Å². The van der Waals surface area contributed by atoms with E-state index in [1.54, 1.807) is 0 Å². The molecule has 0 unspecified atom stereocenters. The predicted octanol–water partition coefficient (Wildman–Crippen LogP) is 1.04. The largest absolute Gasteiger partial charge is 0.378 e. The third-order valence-electron chi connectivity index (χ3n) is 3.76. The molecule has 22 heavy (non-hydrogen) atoms. The Kier molecular flexibility index (Phi) is 4.46. The number of ether oxygens (including phenoxy) is 1. The maximum atomic E-state index is 12.5. The smallest absolute Gasteiger partial charge is 0.273 e. The summed E-state index contributed by atoms with van der Waals surface area (Å²) in [6, 6.07) is 7.65. The normalized spacial score (nSPS) is 21.7. The molecule has 0 aliphatic carbocycles. The SMILES string of the molecule is CN([C@@]1(C#N)CCOC1)S(=O)(=O)Cc1ccccc1[N+](=O)[O-]. The molecule has 1 aromatic rings. The number of rotatable bonds is 5. The quantitative estimate of drug-likeness (QED) is 0.590. The molecule has 2 rings (SSSR count). The molecule has 1 aliphatic rings. The Morgan fingerprint density at radius 1 is 1.50 bits per heavy atom. The first-order valence-corrected chi connectivity index (χ1v) is 8.11. The van der Waals surface area contributed by atoms with Crippen LogP contribution in [0.4, 0.5) is 5.69 Å². The van der Waals surface area contributed by atoms with Gasteiger partial charge in [-0.1, -0.05) is 18.2 Å². The molecule has 0 radical (unpaired) electrons. The Morgan fingerprint density at radius 3 is 2.73 bits per heavy atom. The van der Waals surface area contributed by atoms with Crippen LogP contribution in [0, 0.1) is 21.4 Å². The molecule has 1 aromatic carbocycles. The van der Waals surface area contributed by atoms with E-state index in [2.05, 4.69) is 0 Å². The molecule has 0 spiro atoms. The highest BCUT2D eigenvalue weighted by molar-refractivity contribution is 7.88. The summed E-state index contributed by atoms with van der Waals surface area (Å²) in [5, 5.41) is 20.3. The van der Waals surface area contributed by atoms with E-state index in [0.717, 1.165) is 4.31 Å². The molecule has 1 atom stereocenters. The van der Waals surface area contributed by atoms with E-state index in [1.807, 2.05) is 6.07 Å². The summed E-state index contributed by atoms with van der Waals surface area (Å²) in [6.07, 6.45) is 0.274. The molecule has 0 saturated carbocycles. The second kappa shape index (κ2) is 6.00. The van der Waals surface area contributed by atoms with Crippen molar-refractivity contribution in [2.75, 3.05) is 20.3 Å². The van der Waals surface area contributed by atoms with Gasteiger partial charge in [0.1, 0.15) is 5.54 Å². The monoisotopic (exact) mass is 325 g/mol. The molecule has 1 fully saturated rings. The third kappa shape index (κ3) is 2.94. The molecule has 0 N–H and O–H groups in total. The minimum atomic E-state index is -3.90. The Morgan fingerprint density at radius 2 is 2.18 bits per heavy atom. The molecule has 8 nitrogen and oxygen atoms in total. The summed E-state index contributed by atoms with van der Waals surface area (Å²) in [4.78, 5) is 10.4. The first-order chi connectivity index (χ1) is 10.3.